The largest absolute Gasteiger partial charge is 0.511 e. The fourth-order valence-corrected chi connectivity index (χ4v) is 6.70. The van der Waals surface area contributed by atoms with Crippen LogP contribution in [0.2, 0.25) is 0 Å². The molecule has 3 aliphatic rings. The molecule has 49 heavy (non-hydrogen) atoms. The minimum absolute atomic E-state index is 0.0535. The molecular weight excluding hydrogens is 677 g/mol. The van der Waals surface area contributed by atoms with Crippen molar-refractivity contribution in [2.24, 2.45) is 5.16 Å². The quantitative estimate of drug-likeness (QED) is 0.175. The summed E-state index contributed by atoms with van der Waals surface area (Å²) < 4.78 is 60.1. The van der Waals surface area contributed by atoms with Gasteiger partial charge in [0.15, 0.2) is 11.3 Å². The van der Waals surface area contributed by atoms with Crippen LogP contribution in [-0.4, -0.2) is 80.6 Å². The van der Waals surface area contributed by atoms with E-state index in [0.29, 0.717) is 31.0 Å². The molecule has 0 aliphatic carbocycles. The lowest BCUT2D eigenvalue weighted by atomic mass is 9.84. The summed E-state index contributed by atoms with van der Waals surface area (Å²) in [7, 11) is -4.86. The normalized spacial score (nSPS) is 22.1. The van der Waals surface area contributed by atoms with Gasteiger partial charge in [-0.1, -0.05) is 18.1 Å². The zero-order valence-electron chi connectivity index (χ0n) is 26.7. The molecule has 2 aromatic rings. The summed E-state index contributed by atoms with van der Waals surface area (Å²) in [4.78, 5) is 79.1. The van der Waals surface area contributed by atoms with Crippen molar-refractivity contribution in [1.29, 1.82) is 0 Å². The Hall–Kier alpha value is -4.38. The first-order chi connectivity index (χ1) is 23.1. The Bertz CT molecular complexity index is 1780. The van der Waals surface area contributed by atoms with Crippen LogP contribution in [0.25, 0.3) is 0 Å². The highest BCUT2D eigenvalue weighted by Gasteiger charge is 2.54. The summed E-state index contributed by atoms with van der Waals surface area (Å²) in [5.74, 6) is -3.90. The van der Waals surface area contributed by atoms with E-state index in [9.17, 15) is 32.5 Å². The number of aromatic nitrogens is 1. The molecule has 1 aromatic carbocycles. The molecule has 0 saturated carbocycles. The van der Waals surface area contributed by atoms with Crippen LogP contribution in [0.5, 0.6) is 5.75 Å². The number of hydrogen-bond acceptors (Lipinski definition) is 11. The summed E-state index contributed by atoms with van der Waals surface area (Å²) in [6.07, 6.45) is 0.204. The lowest BCUT2D eigenvalue weighted by Gasteiger charge is -2.42. The molecule has 2 amide bonds. The van der Waals surface area contributed by atoms with Crippen LogP contribution in [0.4, 0.5) is 13.6 Å². The van der Waals surface area contributed by atoms with Crippen molar-refractivity contribution in [3.63, 3.8) is 0 Å². The number of oxime groups is 1. The molecule has 2 bridgehead atoms. The van der Waals surface area contributed by atoms with Crippen molar-refractivity contribution >= 4 is 31.5 Å². The maximum Gasteiger partial charge on any atom is 0.511 e. The standard InChI is InChI=1S/C30H35F2N4O12P/c1-4-20(47-49(41,42)43)14-44-29(40)46-15-45-26-24-28(39)35-13-23(30(8-7-17(35)3)10-16(2)34-48-30)36(24)12-21(25(26)37)27(38)33-11-18-5-6-19(31)9-22(18)32/h5-6,9,12,17,20,23H,4,7-8,10-11,13-15H2,1-3H3,(H,33,38)(H2,41,42,43)/t17-,20+,23+,30-/m0/s1. The van der Waals surface area contributed by atoms with Crippen molar-refractivity contribution in [2.45, 2.75) is 76.8 Å². The Morgan fingerprint density at radius 3 is 2.65 bits per heavy atom. The molecule has 19 heteroatoms. The van der Waals surface area contributed by atoms with Crippen molar-refractivity contribution < 1.29 is 61.1 Å². The molecule has 3 aliphatic heterocycles. The number of phosphoric ester groups is 1. The maximum atomic E-state index is 14.3. The Morgan fingerprint density at radius 1 is 1.24 bits per heavy atom. The van der Waals surface area contributed by atoms with Crippen molar-refractivity contribution in [1.82, 2.24) is 14.8 Å². The van der Waals surface area contributed by atoms with Crippen molar-refractivity contribution in [2.75, 3.05) is 19.9 Å². The van der Waals surface area contributed by atoms with Gasteiger partial charge < -0.3 is 43.6 Å². The first-order valence-electron chi connectivity index (χ1n) is 15.3. The summed E-state index contributed by atoms with van der Waals surface area (Å²) in [5, 5.41) is 6.60. The van der Waals surface area contributed by atoms with Gasteiger partial charge in [0.25, 0.3) is 11.8 Å². The van der Waals surface area contributed by atoms with Gasteiger partial charge in [0, 0.05) is 43.4 Å². The Kier molecular flexibility index (Phi) is 10.4. The number of benzene rings is 1. The van der Waals surface area contributed by atoms with Gasteiger partial charge in [0.05, 0.1) is 11.8 Å². The summed E-state index contributed by atoms with van der Waals surface area (Å²) in [6, 6.07) is 1.87. The Labute approximate surface area is 278 Å². The zero-order valence-corrected chi connectivity index (χ0v) is 27.6. The highest BCUT2D eigenvalue weighted by Crippen LogP contribution is 2.46. The van der Waals surface area contributed by atoms with E-state index in [1.54, 1.807) is 11.8 Å². The van der Waals surface area contributed by atoms with Crippen LogP contribution in [0, 0.1) is 11.6 Å². The third kappa shape index (κ3) is 7.77. The summed E-state index contributed by atoms with van der Waals surface area (Å²) in [6.45, 7) is 3.36. The number of nitrogens with one attached hydrogen (secondary N) is 1. The number of rotatable bonds is 11. The predicted molar refractivity (Wildman–Crippen MR) is 164 cm³/mol. The number of ether oxygens (including phenoxy) is 3. The lowest BCUT2D eigenvalue weighted by Crippen LogP contribution is -2.52. The number of fused-ring (bicyclic) bond motifs is 5. The van der Waals surface area contributed by atoms with Gasteiger partial charge in [-0.25, -0.2) is 18.1 Å². The SMILES string of the molecule is CC[C@H](COC(=O)OCOc1c2n(cc(C(=O)NCc3ccc(F)cc3F)c1=O)[C@@H]1CN(C2=O)[C@@H](C)CC[C@]12CC(C)=NO2)OP(=O)(O)O. The van der Waals surface area contributed by atoms with Gasteiger partial charge in [0.2, 0.25) is 18.0 Å². The number of nitrogens with zero attached hydrogens (tertiary/aromatic N) is 3. The first kappa shape index (κ1) is 35.9. The van der Waals surface area contributed by atoms with Crippen LogP contribution in [0.15, 0.2) is 34.3 Å². The summed E-state index contributed by atoms with van der Waals surface area (Å²) in [5.41, 5.74) is -2.06. The second kappa shape index (κ2) is 14.2. The average molecular weight is 713 g/mol. The minimum Gasteiger partial charge on any atom is -0.451 e. The van der Waals surface area contributed by atoms with Gasteiger partial charge in [-0.05, 0) is 39.2 Å². The van der Waals surface area contributed by atoms with Crippen LogP contribution in [0.3, 0.4) is 0 Å². The number of carbonyl (C=O) groups is 3. The number of hydrogen-bond donors (Lipinski definition) is 3. The smallest absolute Gasteiger partial charge is 0.451 e. The van der Waals surface area contributed by atoms with Crippen molar-refractivity contribution in [3.8, 4) is 5.75 Å². The molecule has 1 spiro atoms. The molecule has 4 atom stereocenters. The molecule has 16 nitrogen and oxygen atoms in total. The molecule has 0 unspecified atom stereocenters. The van der Waals surface area contributed by atoms with Gasteiger partial charge in [-0.3, -0.25) is 18.9 Å². The van der Waals surface area contributed by atoms with E-state index in [-0.39, 0.29) is 30.3 Å². The number of carbonyl (C=O) groups excluding carboxylic acids is 3. The number of phosphoric acid groups is 1. The van der Waals surface area contributed by atoms with Crippen molar-refractivity contribution in [3.05, 3.63) is 63.1 Å². The molecule has 0 radical (unpaired) electrons. The average Bonchev–Trinajstić information content (AvgIpc) is 3.37. The van der Waals surface area contributed by atoms with Crippen LogP contribution >= 0.6 is 7.82 Å². The van der Waals surface area contributed by atoms with Crippen LogP contribution in [0.1, 0.15) is 78.9 Å². The molecule has 3 N–H and O–H groups in total. The topological polar surface area (TPSA) is 205 Å². The van der Waals surface area contributed by atoms with Gasteiger partial charge in [-0.15, -0.1) is 0 Å². The lowest BCUT2D eigenvalue weighted by molar-refractivity contribution is -0.0658. The van der Waals surface area contributed by atoms with E-state index in [2.05, 4.69) is 15.0 Å². The second-order valence-corrected chi connectivity index (χ2v) is 13.2. The maximum absolute atomic E-state index is 14.3. The highest BCUT2D eigenvalue weighted by molar-refractivity contribution is 7.46. The Morgan fingerprint density at radius 2 is 2.00 bits per heavy atom. The third-order valence-corrected chi connectivity index (χ3v) is 9.20. The van der Waals surface area contributed by atoms with Gasteiger partial charge in [0.1, 0.15) is 29.9 Å². The zero-order chi connectivity index (χ0) is 35.7. The monoisotopic (exact) mass is 712 g/mol. The Balaban J connectivity index is 1.46. The molecule has 1 saturated heterocycles. The van der Waals surface area contributed by atoms with E-state index >= 15 is 0 Å². The molecular formula is C30H35F2N4O12P. The van der Waals surface area contributed by atoms with E-state index in [1.165, 1.54) is 17.7 Å². The number of amides is 2. The second-order valence-electron chi connectivity index (χ2n) is 12.0. The predicted octanol–water partition coefficient (Wildman–Crippen LogP) is 3.15. The van der Waals surface area contributed by atoms with Crippen LogP contribution < -0.4 is 15.5 Å². The third-order valence-electron chi connectivity index (χ3n) is 8.63. The van der Waals surface area contributed by atoms with E-state index in [4.69, 9.17) is 28.8 Å². The fourth-order valence-electron chi connectivity index (χ4n) is 6.10. The summed E-state index contributed by atoms with van der Waals surface area (Å²) >= 11 is 0. The van der Waals surface area contributed by atoms with E-state index < -0.39 is 91.9 Å². The number of pyridine rings is 1. The molecule has 5 rings (SSSR count). The molecule has 1 aromatic heterocycles. The highest BCUT2D eigenvalue weighted by atomic mass is 31.2. The molecule has 1 fully saturated rings. The van der Waals surface area contributed by atoms with Gasteiger partial charge in [-0.2, -0.15) is 0 Å². The number of halogens is 2. The minimum atomic E-state index is -4.86. The first-order valence-corrected chi connectivity index (χ1v) is 16.9. The van der Waals surface area contributed by atoms with E-state index in [0.717, 1.165) is 12.1 Å². The molecule has 4 heterocycles. The van der Waals surface area contributed by atoms with E-state index in [1.807, 2.05) is 6.92 Å². The van der Waals surface area contributed by atoms with Crippen LogP contribution in [-0.2, 0) is 29.9 Å². The molecule has 266 valence electrons. The fraction of sp³-hybridized carbons (Fsp3) is 0.500. The van der Waals surface area contributed by atoms with Gasteiger partial charge >= 0.3 is 14.0 Å².